The lowest BCUT2D eigenvalue weighted by Gasteiger charge is -2.38. The van der Waals surface area contributed by atoms with Crippen molar-refractivity contribution in [3.05, 3.63) is 58.7 Å². The van der Waals surface area contributed by atoms with E-state index < -0.39 is 52.4 Å². The second-order valence-electron chi connectivity index (χ2n) is 38.8. The maximum Gasteiger partial charge on any atom is 0.410 e. The largest absolute Gasteiger partial charge is 0.508 e. The lowest BCUT2D eigenvalue weighted by atomic mass is 9.84. The number of Topliss-reactive ketones (excluding diaryl/α,β-unsaturated/α-hetero) is 2. The van der Waals surface area contributed by atoms with Crippen LogP contribution in [0.4, 0.5) is 9.59 Å². The minimum atomic E-state index is -1.08. The van der Waals surface area contributed by atoms with Gasteiger partial charge in [0.2, 0.25) is 17.7 Å². The monoisotopic (exact) mass is 1620 g/mol. The minimum absolute atomic E-state index is 0.00199. The fourth-order valence-electron chi connectivity index (χ4n) is 13.3. The first-order valence-electron chi connectivity index (χ1n) is 41.9. The Balaban J connectivity index is 1.52. The van der Waals surface area contributed by atoms with Crippen molar-refractivity contribution < 1.29 is 77.1 Å². The van der Waals surface area contributed by atoms with E-state index >= 15 is 0 Å². The first kappa shape index (κ1) is 102. The van der Waals surface area contributed by atoms with E-state index in [2.05, 4.69) is 82.8 Å². The Morgan fingerprint density at radius 1 is 0.452 bits per heavy atom. The third-order valence-electron chi connectivity index (χ3n) is 18.6. The molecule has 1 saturated heterocycles. The third kappa shape index (κ3) is 48.8. The van der Waals surface area contributed by atoms with Gasteiger partial charge in [-0.3, -0.25) is 53.2 Å². The van der Waals surface area contributed by atoms with Crippen molar-refractivity contribution in [1.82, 2.24) is 56.0 Å². The van der Waals surface area contributed by atoms with Gasteiger partial charge in [0, 0.05) is 161 Å². The number of benzene rings is 2. The first-order valence-corrected chi connectivity index (χ1v) is 41.9. The number of urea groups is 1. The normalized spacial score (nSPS) is 14.9. The summed E-state index contributed by atoms with van der Waals surface area (Å²) in [6.07, 6.45) is 5.86. The second kappa shape index (κ2) is 48.4. The number of unbranched alkanes of at least 4 members (excludes halogenated alkanes) is 3. The molecule has 2 aromatic rings. The number of nitrogens with one attached hydrogen (secondary N) is 5. The molecule has 0 aliphatic carbocycles. The molecule has 27 heteroatoms. The zero-order valence-corrected chi connectivity index (χ0v) is 74.7. The number of aromatic hydroxyl groups is 2. The maximum atomic E-state index is 13.6. The Morgan fingerprint density at radius 2 is 0.904 bits per heavy atom. The van der Waals surface area contributed by atoms with Crippen LogP contribution in [0.5, 0.6) is 11.5 Å². The van der Waals surface area contributed by atoms with Gasteiger partial charge in [0.05, 0.1) is 19.6 Å². The molecule has 0 saturated carbocycles. The summed E-state index contributed by atoms with van der Waals surface area (Å²) >= 11 is 0. The molecule has 2 aromatic carbocycles. The van der Waals surface area contributed by atoms with Crippen LogP contribution in [0.15, 0.2) is 36.4 Å². The summed E-state index contributed by atoms with van der Waals surface area (Å²) in [5.41, 5.74) is -0.437. The number of phenolic OH excluding ortho intramolecular Hbond substituents is 2. The van der Waals surface area contributed by atoms with Gasteiger partial charge in [0.25, 0.3) is 0 Å². The van der Waals surface area contributed by atoms with Crippen molar-refractivity contribution in [3.8, 4) is 11.5 Å². The van der Waals surface area contributed by atoms with Crippen LogP contribution in [-0.4, -0.2) is 251 Å². The summed E-state index contributed by atoms with van der Waals surface area (Å²) in [6, 6.07) is 8.44. The summed E-state index contributed by atoms with van der Waals surface area (Å²) in [5, 5.41) is 37.1. The van der Waals surface area contributed by atoms with Crippen LogP contribution in [0.1, 0.15) is 258 Å². The summed E-state index contributed by atoms with van der Waals surface area (Å²) in [4.78, 5) is 144. The van der Waals surface area contributed by atoms with E-state index in [0.29, 0.717) is 121 Å². The number of hydrogen-bond acceptors (Lipinski definition) is 21. The Morgan fingerprint density at radius 3 is 1.41 bits per heavy atom. The van der Waals surface area contributed by atoms with E-state index in [-0.39, 0.29) is 147 Å². The molecule has 654 valence electrons. The number of carbonyl (C=O) groups is 10. The molecular formula is C88H151N11O16. The molecule has 1 fully saturated rings. The Kier molecular flexibility index (Phi) is 42.8. The highest BCUT2D eigenvalue weighted by molar-refractivity contribution is 5.85. The molecule has 1 aliphatic rings. The van der Waals surface area contributed by atoms with Crippen LogP contribution in [0.2, 0.25) is 0 Å². The average molecular weight is 1620 g/mol. The number of hydrogen-bond donors (Lipinski definition) is 7. The highest BCUT2D eigenvalue weighted by Gasteiger charge is 2.33. The zero-order valence-electron chi connectivity index (χ0n) is 74.7. The quantitative estimate of drug-likeness (QED) is 0.0184. The predicted octanol–water partition coefficient (Wildman–Crippen LogP) is 11.4. The van der Waals surface area contributed by atoms with Crippen molar-refractivity contribution in [1.29, 1.82) is 0 Å². The van der Waals surface area contributed by atoms with Gasteiger partial charge in [-0.25, -0.2) is 14.4 Å². The van der Waals surface area contributed by atoms with Crippen LogP contribution in [0.3, 0.4) is 0 Å². The Labute approximate surface area is 689 Å². The van der Waals surface area contributed by atoms with Crippen LogP contribution in [-0.2, 0) is 83.2 Å². The van der Waals surface area contributed by atoms with Crippen molar-refractivity contribution >= 4 is 59.3 Å². The smallest absolute Gasteiger partial charge is 0.410 e. The molecule has 0 unspecified atom stereocenters. The highest BCUT2D eigenvalue weighted by atomic mass is 16.6. The third-order valence-corrected chi connectivity index (χ3v) is 18.6. The van der Waals surface area contributed by atoms with E-state index in [1.54, 1.807) is 91.5 Å². The maximum absolute atomic E-state index is 13.6. The lowest BCUT2D eigenvalue weighted by molar-refractivity contribution is -0.159. The van der Waals surface area contributed by atoms with E-state index in [0.717, 1.165) is 50.3 Å². The summed E-state index contributed by atoms with van der Waals surface area (Å²) in [7, 11) is 0. The topological polar surface area (TPSA) is 328 Å². The number of rotatable bonds is 42. The van der Waals surface area contributed by atoms with Crippen molar-refractivity contribution in [2.24, 2.45) is 16.2 Å². The summed E-state index contributed by atoms with van der Waals surface area (Å²) in [5.74, 6) is -2.05. The van der Waals surface area contributed by atoms with E-state index in [1.807, 2.05) is 63.5 Å². The summed E-state index contributed by atoms with van der Waals surface area (Å²) < 4.78 is 22.6. The number of nitrogens with zero attached hydrogens (tertiary/aromatic N) is 6. The molecule has 27 nitrogen and oxygen atoms in total. The fourth-order valence-corrected chi connectivity index (χ4v) is 13.3. The van der Waals surface area contributed by atoms with Crippen LogP contribution in [0.25, 0.3) is 0 Å². The van der Waals surface area contributed by atoms with Crippen molar-refractivity contribution in [2.75, 3.05) is 118 Å². The number of amides is 6. The van der Waals surface area contributed by atoms with Gasteiger partial charge < -0.3 is 65.5 Å². The molecule has 0 spiro atoms. The average Bonchev–Trinajstić information content (AvgIpc) is 0.856. The minimum Gasteiger partial charge on any atom is -0.508 e. The van der Waals surface area contributed by atoms with Gasteiger partial charge in [0.1, 0.15) is 51.5 Å². The Bertz CT molecular complexity index is 3390. The van der Waals surface area contributed by atoms with Crippen LogP contribution < -0.4 is 26.6 Å². The molecule has 3 rings (SSSR count). The number of ketones is 2. The number of aryl methyl sites for hydroxylation is 2. The van der Waals surface area contributed by atoms with Gasteiger partial charge >= 0.3 is 30.0 Å². The van der Waals surface area contributed by atoms with Gasteiger partial charge in [-0.1, -0.05) is 93.0 Å². The molecule has 1 heterocycles. The molecule has 7 N–H and O–H groups in total. The van der Waals surface area contributed by atoms with Crippen molar-refractivity contribution in [2.45, 2.75) is 296 Å². The van der Waals surface area contributed by atoms with Crippen LogP contribution in [0, 0.1) is 16.2 Å². The fraction of sp³-hybridized carbons (Fsp3) is 0.750. The lowest BCUT2D eigenvalue weighted by Crippen LogP contribution is -2.53. The number of esters is 3. The molecule has 0 aromatic heterocycles. The van der Waals surface area contributed by atoms with E-state index in [1.165, 1.54) is 6.92 Å². The SMILES string of the molecule is CC(=O)CN(CCN(CC(=O)OC(C)(C)C)Cc1cc(CCC(=O)CCCNC(=O)CN2CCN(CC(C)(C)C)CCN(CC(C)(C)C)CCN(C(=O)OC(C)(C)C)CC2)ccc1O)Cc1cc(CCC(=O)NCCCCCC(=O)NCCCC[C@H](NC(=O)N[C@@H](CCC(=O)OC(C)(C)C)C(=O)OC(C)(C)C)C(C)(C)C)ccc1O. The molecular weight excluding hydrogens is 1470 g/mol. The standard InChI is InChI=1S/C88H151N11O16/c1-64(100)57-97(58-67-56-66(34-39-71(67)102)35-40-75(105)90-42-26-23-24-31-74(104)89-43-27-25-30-73(84(8,9)10)93-80(110)92-70(79(109)114-87(17,18)19)37-41-77(107)112-85(11,12)13)49-50-98(61-78(108)113-86(14,15)16)59-68-55-65(33-38-72(68)103)32-36-69(101)29-28-44-91-76(106)60-94-45-46-95(62-82(2,3)4)47-48-96(63-83(5,6)7)52-54-99(53-51-94)81(111)115-88(20,21)22/h33-34,38-39,55-56,70,73,102-103H,23-32,35-37,40-54,57-63H2,1-22H3,(H,89,104)(H,90,105)(H,91,106)(H2,92,93,110)/t70-,73-/m0/s1. The van der Waals surface area contributed by atoms with Crippen LogP contribution >= 0.6 is 0 Å². The van der Waals surface area contributed by atoms with E-state index in [9.17, 15) is 58.2 Å². The molecule has 2 atom stereocenters. The number of ether oxygens (including phenoxy) is 4. The molecule has 115 heavy (non-hydrogen) atoms. The van der Waals surface area contributed by atoms with Gasteiger partial charge in [-0.15, -0.1) is 0 Å². The zero-order chi connectivity index (χ0) is 86.7. The first-order chi connectivity index (χ1) is 53.2. The molecule has 1 aliphatic heterocycles. The number of phenols is 2. The Hall–Kier alpha value is -7.46. The predicted molar refractivity (Wildman–Crippen MR) is 451 cm³/mol. The van der Waals surface area contributed by atoms with Crippen molar-refractivity contribution in [3.63, 3.8) is 0 Å². The molecule has 0 bridgehead atoms. The van der Waals surface area contributed by atoms with Gasteiger partial charge in [-0.05, 0) is 187 Å². The highest BCUT2D eigenvalue weighted by Crippen LogP contribution is 2.28. The second-order valence-corrected chi connectivity index (χ2v) is 38.8. The molecule has 0 radical (unpaired) electrons. The molecule has 6 amide bonds. The van der Waals surface area contributed by atoms with Gasteiger partial charge in [-0.2, -0.15) is 0 Å². The van der Waals surface area contributed by atoms with E-state index in [4.69, 9.17) is 18.9 Å². The number of carbonyl (C=O) groups excluding carboxylic acids is 10. The summed E-state index contributed by atoms with van der Waals surface area (Å²) in [6.45, 7) is 51.4. The van der Waals surface area contributed by atoms with Gasteiger partial charge in [0.15, 0.2) is 0 Å².